The molecule has 1 aliphatic heterocycles. The number of ketones is 1. The molecule has 1 atom stereocenters. The summed E-state index contributed by atoms with van der Waals surface area (Å²) in [5.74, 6) is 1.15. The standard InChI is InChI=1S/C22H25NO3/c1-15-7-8-16(2)19(11-15)20(24)9-10-22(25)23-13-17-12-18-5-3-4-6-21(18)26-14-17/h3-8,11,17H,9-10,12-14H2,1-2H3,(H,23,25). The van der Waals surface area contributed by atoms with Crippen molar-refractivity contribution in [3.05, 3.63) is 64.7 Å². The molecule has 4 heteroatoms. The number of aryl methyl sites for hydroxylation is 2. The Morgan fingerprint density at radius 3 is 2.77 bits per heavy atom. The van der Waals surface area contributed by atoms with Gasteiger partial charge in [0.2, 0.25) is 5.91 Å². The molecule has 1 unspecified atom stereocenters. The van der Waals surface area contributed by atoms with Crippen LogP contribution in [0.15, 0.2) is 42.5 Å². The lowest BCUT2D eigenvalue weighted by Crippen LogP contribution is -2.34. The second-order valence-electron chi connectivity index (χ2n) is 7.03. The van der Waals surface area contributed by atoms with Gasteiger partial charge in [0.05, 0.1) is 6.61 Å². The zero-order chi connectivity index (χ0) is 18.5. The minimum absolute atomic E-state index is 0.0243. The number of hydrogen-bond acceptors (Lipinski definition) is 3. The van der Waals surface area contributed by atoms with Gasteiger partial charge in [0, 0.05) is 30.9 Å². The molecule has 2 aromatic rings. The van der Waals surface area contributed by atoms with Crippen molar-refractivity contribution < 1.29 is 14.3 Å². The number of carbonyl (C=O) groups excluding carboxylic acids is 2. The van der Waals surface area contributed by atoms with Gasteiger partial charge in [-0.05, 0) is 43.5 Å². The predicted octanol–water partition coefficient (Wildman–Crippen LogP) is 3.63. The third kappa shape index (κ3) is 4.51. The summed E-state index contributed by atoms with van der Waals surface area (Å²) in [7, 11) is 0. The summed E-state index contributed by atoms with van der Waals surface area (Å²) in [5, 5.41) is 2.94. The molecule has 0 radical (unpaired) electrons. The van der Waals surface area contributed by atoms with Crippen LogP contribution in [-0.2, 0) is 11.2 Å². The minimum Gasteiger partial charge on any atom is -0.493 e. The lowest BCUT2D eigenvalue weighted by molar-refractivity contribution is -0.121. The number of rotatable bonds is 6. The van der Waals surface area contributed by atoms with E-state index in [1.165, 1.54) is 5.56 Å². The maximum absolute atomic E-state index is 12.4. The molecule has 26 heavy (non-hydrogen) atoms. The number of amides is 1. The lowest BCUT2D eigenvalue weighted by Gasteiger charge is -2.25. The first kappa shape index (κ1) is 18.2. The van der Waals surface area contributed by atoms with Crippen LogP contribution in [-0.4, -0.2) is 24.8 Å². The average Bonchev–Trinajstić information content (AvgIpc) is 2.66. The number of ether oxygens (including phenoxy) is 1. The van der Waals surface area contributed by atoms with Gasteiger partial charge in [0.25, 0.3) is 0 Å². The molecule has 2 aromatic carbocycles. The Morgan fingerprint density at radius 2 is 1.92 bits per heavy atom. The number of fused-ring (bicyclic) bond motifs is 1. The first-order valence-corrected chi connectivity index (χ1v) is 9.11. The summed E-state index contributed by atoms with van der Waals surface area (Å²) >= 11 is 0. The largest absolute Gasteiger partial charge is 0.493 e. The summed E-state index contributed by atoms with van der Waals surface area (Å²) in [6, 6.07) is 13.8. The molecule has 0 bridgehead atoms. The minimum atomic E-state index is -0.0810. The van der Waals surface area contributed by atoms with Crippen LogP contribution in [0.1, 0.15) is 39.9 Å². The Bertz CT molecular complexity index is 813. The molecule has 1 N–H and O–H groups in total. The Balaban J connectivity index is 1.45. The summed E-state index contributed by atoms with van der Waals surface area (Å²) in [6.07, 6.45) is 1.36. The Morgan fingerprint density at radius 1 is 1.12 bits per heavy atom. The van der Waals surface area contributed by atoms with Crippen LogP contribution >= 0.6 is 0 Å². The zero-order valence-electron chi connectivity index (χ0n) is 15.4. The van der Waals surface area contributed by atoms with E-state index in [0.29, 0.717) is 13.2 Å². The SMILES string of the molecule is Cc1ccc(C)c(C(=O)CCC(=O)NCC2COc3ccccc3C2)c1. The third-order valence-electron chi connectivity index (χ3n) is 4.82. The van der Waals surface area contributed by atoms with Crippen LogP contribution in [0.5, 0.6) is 5.75 Å². The van der Waals surface area contributed by atoms with E-state index in [1.807, 2.05) is 50.2 Å². The molecule has 3 rings (SSSR count). The van der Waals surface area contributed by atoms with Gasteiger partial charge in [-0.3, -0.25) is 9.59 Å². The molecule has 1 amide bonds. The Hall–Kier alpha value is -2.62. The van der Waals surface area contributed by atoms with Crippen LogP contribution in [0.4, 0.5) is 0 Å². The number of para-hydroxylation sites is 1. The van der Waals surface area contributed by atoms with E-state index in [2.05, 4.69) is 11.4 Å². The van der Waals surface area contributed by atoms with Crippen LogP contribution in [0.3, 0.4) is 0 Å². The highest BCUT2D eigenvalue weighted by atomic mass is 16.5. The predicted molar refractivity (Wildman–Crippen MR) is 102 cm³/mol. The van der Waals surface area contributed by atoms with Crippen molar-refractivity contribution >= 4 is 11.7 Å². The van der Waals surface area contributed by atoms with Crippen molar-refractivity contribution in [2.75, 3.05) is 13.2 Å². The van der Waals surface area contributed by atoms with Gasteiger partial charge in [0.1, 0.15) is 5.75 Å². The molecule has 1 heterocycles. The summed E-state index contributed by atoms with van der Waals surface area (Å²) in [4.78, 5) is 24.5. The summed E-state index contributed by atoms with van der Waals surface area (Å²) < 4.78 is 5.74. The quantitative estimate of drug-likeness (QED) is 0.809. The van der Waals surface area contributed by atoms with Crippen molar-refractivity contribution in [1.82, 2.24) is 5.32 Å². The van der Waals surface area contributed by atoms with E-state index in [0.717, 1.165) is 28.9 Å². The van der Waals surface area contributed by atoms with E-state index in [1.54, 1.807) is 0 Å². The van der Waals surface area contributed by atoms with Gasteiger partial charge in [-0.2, -0.15) is 0 Å². The molecule has 4 nitrogen and oxygen atoms in total. The van der Waals surface area contributed by atoms with E-state index in [9.17, 15) is 9.59 Å². The van der Waals surface area contributed by atoms with E-state index < -0.39 is 0 Å². The van der Waals surface area contributed by atoms with Crippen LogP contribution in [0.25, 0.3) is 0 Å². The fraction of sp³-hybridized carbons (Fsp3) is 0.364. The first-order valence-electron chi connectivity index (χ1n) is 9.11. The van der Waals surface area contributed by atoms with Crippen molar-refractivity contribution in [3.63, 3.8) is 0 Å². The van der Waals surface area contributed by atoms with E-state index >= 15 is 0 Å². The maximum Gasteiger partial charge on any atom is 0.220 e. The molecule has 136 valence electrons. The zero-order valence-corrected chi connectivity index (χ0v) is 15.4. The van der Waals surface area contributed by atoms with Gasteiger partial charge < -0.3 is 10.1 Å². The highest BCUT2D eigenvalue weighted by Gasteiger charge is 2.20. The highest BCUT2D eigenvalue weighted by Crippen LogP contribution is 2.26. The summed E-state index contributed by atoms with van der Waals surface area (Å²) in [6.45, 7) is 5.07. The maximum atomic E-state index is 12.4. The summed E-state index contributed by atoms with van der Waals surface area (Å²) in [5.41, 5.74) is 3.91. The topological polar surface area (TPSA) is 55.4 Å². The fourth-order valence-electron chi connectivity index (χ4n) is 3.27. The normalized spacial score (nSPS) is 15.7. The second-order valence-corrected chi connectivity index (χ2v) is 7.03. The van der Waals surface area contributed by atoms with Gasteiger partial charge in [-0.1, -0.05) is 35.9 Å². The van der Waals surface area contributed by atoms with Gasteiger partial charge in [-0.25, -0.2) is 0 Å². The monoisotopic (exact) mass is 351 g/mol. The molecule has 1 aliphatic rings. The Kier molecular flexibility index (Phi) is 5.71. The number of carbonyl (C=O) groups is 2. The highest BCUT2D eigenvalue weighted by molar-refractivity contribution is 5.99. The van der Waals surface area contributed by atoms with Crippen molar-refractivity contribution in [3.8, 4) is 5.75 Å². The number of hydrogen-bond donors (Lipinski definition) is 1. The van der Waals surface area contributed by atoms with Crippen LogP contribution in [0.2, 0.25) is 0 Å². The van der Waals surface area contributed by atoms with E-state index in [-0.39, 0.29) is 30.4 Å². The number of benzene rings is 2. The smallest absolute Gasteiger partial charge is 0.220 e. The van der Waals surface area contributed by atoms with Crippen molar-refractivity contribution in [1.29, 1.82) is 0 Å². The molecule has 0 spiro atoms. The Labute approximate surface area is 154 Å². The molecule has 0 saturated carbocycles. The van der Waals surface area contributed by atoms with Crippen molar-refractivity contribution in [2.24, 2.45) is 5.92 Å². The number of nitrogens with one attached hydrogen (secondary N) is 1. The van der Waals surface area contributed by atoms with Gasteiger partial charge >= 0.3 is 0 Å². The fourth-order valence-corrected chi connectivity index (χ4v) is 3.27. The lowest BCUT2D eigenvalue weighted by atomic mass is 9.96. The second kappa shape index (κ2) is 8.17. The molecule has 0 aliphatic carbocycles. The average molecular weight is 351 g/mol. The van der Waals surface area contributed by atoms with E-state index in [4.69, 9.17) is 4.74 Å². The molecular formula is C22H25NO3. The van der Waals surface area contributed by atoms with Crippen LogP contribution in [0, 0.1) is 19.8 Å². The molecule has 0 fully saturated rings. The van der Waals surface area contributed by atoms with Gasteiger partial charge in [-0.15, -0.1) is 0 Å². The van der Waals surface area contributed by atoms with Gasteiger partial charge in [0.15, 0.2) is 5.78 Å². The molecular weight excluding hydrogens is 326 g/mol. The number of Topliss-reactive ketones (excluding diaryl/α,β-unsaturated/α-hetero) is 1. The molecule has 0 aromatic heterocycles. The van der Waals surface area contributed by atoms with Crippen molar-refractivity contribution in [2.45, 2.75) is 33.1 Å². The molecule has 0 saturated heterocycles. The first-order chi connectivity index (χ1) is 12.5. The third-order valence-corrected chi connectivity index (χ3v) is 4.82. The van der Waals surface area contributed by atoms with Crippen LogP contribution < -0.4 is 10.1 Å².